The Bertz CT molecular complexity index is 616. The Morgan fingerprint density at radius 1 is 1.16 bits per heavy atom. The van der Waals surface area contributed by atoms with Crippen LogP contribution in [0.25, 0.3) is 0 Å². The lowest BCUT2D eigenvalue weighted by Gasteiger charge is -2.09. The molecule has 0 fully saturated rings. The summed E-state index contributed by atoms with van der Waals surface area (Å²) in [5, 5.41) is 6.06. The zero-order valence-electron chi connectivity index (χ0n) is 10.2. The molecule has 98 valence electrons. The van der Waals surface area contributed by atoms with E-state index in [0.29, 0.717) is 16.4 Å². The zero-order chi connectivity index (χ0) is 13.8. The SMILES string of the molecule is Cc1ccc(NC(=O)Nc2cccc(Cl)c2)c(Br)c1. The molecule has 0 heterocycles. The number of amides is 2. The molecule has 0 aliphatic heterocycles. The fourth-order valence-corrected chi connectivity index (χ4v) is 2.36. The number of anilines is 2. The van der Waals surface area contributed by atoms with Crippen LogP contribution in [0.4, 0.5) is 16.2 Å². The van der Waals surface area contributed by atoms with Crippen molar-refractivity contribution in [2.24, 2.45) is 0 Å². The third-order valence-electron chi connectivity index (χ3n) is 2.46. The third-order valence-corrected chi connectivity index (χ3v) is 3.35. The minimum atomic E-state index is -0.313. The maximum absolute atomic E-state index is 11.8. The van der Waals surface area contributed by atoms with Gasteiger partial charge in [0.1, 0.15) is 0 Å². The first kappa shape index (κ1) is 13.9. The Kier molecular flexibility index (Phi) is 4.45. The van der Waals surface area contributed by atoms with Crippen LogP contribution in [0.15, 0.2) is 46.9 Å². The summed E-state index contributed by atoms with van der Waals surface area (Å²) < 4.78 is 0.841. The third kappa shape index (κ3) is 3.98. The fourth-order valence-electron chi connectivity index (χ4n) is 1.57. The predicted octanol–water partition coefficient (Wildman–Crippen LogP) is 5.05. The monoisotopic (exact) mass is 338 g/mol. The number of carbonyl (C=O) groups is 1. The van der Waals surface area contributed by atoms with Crippen LogP contribution >= 0.6 is 27.5 Å². The molecule has 0 bridgehead atoms. The van der Waals surface area contributed by atoms with Crippen molar-refractivity contribution in [2.45, 2.75) is 6.92 Å². The van der Waals surface area contributed by atoms with E-state index < -0.39 is 0 Å². The molecule has 0 spiro atoms. The molecule has 0 radical (unpaired) electrons. The summed E-state index contributed by atoms with van der Waals surface area (Å²) in [7, 11) is 0. The number of benzene rings is 2. The molecular formula is C14H12BrClN2O. The largest absolute Gasteiger partial charge is 0.323 e. The van der Waals surface area contributed by atoms with Crippen molar-refractivity contribution in [1.29, 1.82) is 0 Å². The van der Waals surface area contributed by atoms with Crippen molar-refractivity contribution in [3.05, 3.63) is 57.5 Å². The van der Waals surface area contributed by atoms with E-state index in [9.17, 15) is 4.79 Å². The summed E-state index contributed by atoms with van der Waals surface area (Å²) in [6.45, 7) is 1.99. The minimum absolute atomic E-state index is 0.313. The lowest BCUT2D eigenvalue weighted by molar-refractivity contribution is 0.262. The van der Waals surface area contributed by atoms with E-state index >= 15 is 0 Å². The number of urea groups is 1. The summed E-state index contributed by atoms with van der Waals surface area (Å²) in [6, 6.07) is 12.4. The zero-order valence-corrected chi connectivity index (χ0v) is 12.5. The Labute approximate surface area is 125 Å². The molecule has 0 aliphatic rings. The number of nitrogens with one attached hydrogen (secondary N) is 2. The molecule has 2 amide bonds. The van der Waals surface area contributed by atoms with E-state index in [4.69, 9.17) is 11.6 Å². The van der Waals surface area contributed by atoms with E-state index in [0.717, 1.165) is 10.0 Å². The summed E-state index contributed by atoms with van der Waals surface area (Å²) in [4.78, 5) is 11.8. The summed E-state index contributed by atoms with van der Waals surface area (Å²) >= 11 is 9.26. The van der Waals surface area contributed by atoms with Gasteiger partial charge in [0, 0.05) is 15.2 Å². The number of aryl methyl sites for hydroxylation is 1. The van der Waals surface area contributed by atoms with Gasteiger partial charge in [-0.25, -0.2) is 4.79 Å². The fraction of sp³-hybridized carbons (Fsp3) is 0.0714. The highest BCUT2D eigenvalue weighted by molar-refractivity contribution is 9.10. The predicted molar refractivity (Wildman–Crippen MR) is 83.0 cm³/mol. The van der Waals surface area contributed by atoms with Gasteiger partial charge in [-0.15, -0.1) is 0 Å². The maximum atomic E-state index is 11.8. The lowest BCUT2D eigenvalue weighted by atomic mass is 10.2. The van der Waals surface area contributed by atoms with Crippen LogP contribution in [0, 0.1) is 6.92 Å². The quantitative estimate of drug-likeness (QED) is 0.789. The van der Waals surface area contributed by atoms with Crippen LogP contribution in [0.1, 0.15) is 5.56 Å². The van der Waals surface area contributed by atoms with Gasteiger partial charge in [-0.3, -0.25) is 0 Å². The smallest absolute Gasteiger partial charge is 0.308 e. The Hall–Kier alpha value is -1.52. The van der Waals surface area contributed by atoms with E-state index in [1.54, 1.807) is 24.3 Å². The van der Waals surface area contributed by atoms with Crippen LogP contribution in [-0.2, 0) is 0 Å². The molecular weight excluding hydrogens is 328 g/mol. The number of carbonyl (C=O) groups excluding carboxylic acids is 1. The first-order valence-electron chi connectivity index (χ1n) is 5.64. The van der Waals surface area contributed by atoms with Gasteiger partial charge in [-0.05, 0) is 58.7 Å². The summed E-state index contributed by atoms with van der Waals surface area (Å²) in [5.74, 6) is 0. The second kappa shape index (κ2) is 6.08. The van der Waals surface area contributed by atoms with E-state index in [-0.39, 0.29) is 6.03 Å². The van der Waals surface area contributed by atoms with Crippen LogP contribution in [0.5, 0.6) is 0 Å². The first-order chi connectivity index (χ1) is 9.04. The number of rotatable bonds is 2. The average molecular weight is 340 g/mol. The van der Waals surface area contributed by atoms with Crippen LogP contribution in [-0.4, -0.2) is 6.03 Å². The van der Waals surface area contributed by atoms with Gasteiger partial charge in [0.15, 0.2) is 0 Å². The highest BCUT2D eigenvalue weighted by atomic mass is 79.9. The molecule has 0 aromatic heterocycles. The molecule has 2 aromatic carbocycles. The molecule has 19 heavy (non-hydrogen) atoms. The molecule has 2 aromatic rings. The first-order valence-corrected chi connectivity index (χ1v) is 6.81. The van der Waals surface area contributed by atoms with Crippen molar-refractivity contribution in [1.82, 2.24) is 0 Å². The van der Waals surface area contributed by atoms with Crippen molar-refractivity contribution in [3.63, 3.8) is 0 Å². The van der Waals surface area contributed by atoms with Crippen molar-refractivity contribution in [3.8, 4) is 0 Å². The average Bonchev–Trinajstić information content (AvgIpc) is 2.33. The van der Waals surface area contributed by atoms with Crippen molar-refractivity contribution < 1.29 is 4.79 Å². The highest BCUT2D eigenvalue weighted by Gasteiger charge is 2.06. The number of hydrogen-bond donors (Lipinski definition) is 2. The van der Waals surface area contributed by atoms with Gasteiger partial charge in [0.2, 0.25) is 0 Å². The van der Waals surface area contributed by atoms with Gasteiger partial charge in [0.05, 0.1) is 5.69 Å². The topological polar surface area (TPSA) is 41.1 Å². The van der Waals surface area contributed by atoms with Gasteiger partial charge in [-0.1, -0.05) is 23.7 Å². The summed E-state index contributed by atoms with van der Waals surface area (Å²) in [6.07, 6.45) is 0. The van der Waals surface area contributed by atoms with Crippen molar-refractivity contribution >= 4 is 44.9 Å². The maximum Gasteiger partial charge on any atom is 0.323 e. The Balaban J connectivity index is 2.05. The normalized spacial score (nSPS) is 10.1. The molecule has 5 heteroatoms. The molecule has 0 saturated carbocycles. The molecule has 0 aliphatic carbocycles. The van der Waals surface area contributed by atoms with Crippen LogP contribution in [0.2, 0.25) is 5.02 Å². The Morgan fingerprint density at radius 2 is 1.95 bits per heavy atom. The molecule has 0 unspecified atom stereocenters. The number of hydrogen-bond acceptors (Lipinski definition) is 1. The second-order valence-electron chi connectivity index (χ2n) is 4.07. The van der Waals surface area contributed by atoms with E-state index in [2.05, 4.69) is 26.6 Å². The van der Waals surface area contributed by atoms with Gasteiger partial charge in [-0.2, -0.15) is 0 Å². The number of halogens is 2. The van der Waals surface area contributed by atoms with Crippen molar-refractivity contribution in [2.75, 3.05) is 10.6 Å². The molecule has 2 N–H and O–H groups in total. The van der Waals surface area contributed by atoms with E-state index in [1.807, 2.05) is 25.1 Å². The van der Waals surface area contributed by atoms with Crippen LogP contribution < -0.4 is 10.6 Å². The lowest BCUT2D eigenvalue weighted by Crippen LogP contribution is -2.19. The molecule has 2 rings (SSSR count). The van der Waals surface area contributed by atoms with E-state index in [1.165, 1.54) is 0 Å². The second-order valence-corrected chi connectivity index (χ2v) is 5.36. The summed E-state index contributed by atoms with van der Waals surface area (Å²) in [5.41, 5.74) is 2.48. The van der Waals surface area contributed by atoms with Gasteiger partial charge >= 0.3 is 6.03 Å². The molecule has 0 saturated heterocycles. The standard InChI is InChI=1S/C14H12BrClN2O/c1-9-5-6-13(12(15)7-9)18-14(19)17-11-4-2-3-10(16)8-11/h2-8H,1H3,(H2,17,18,19). The minimum Gasteiger partial charge on any atom is -0.308 e. The van der Waals surface area contributed by atoms with Crippen LogP contribution in [0.3, 0.4) is 0 Å². The molecule has 3 nitrogen and oxygen atoms in total. The molecule has 0 atom stereocenters. The Morgan fingerprint density at radius 3 is 2.63 bits per heavy atom. The van der Waals surface area contributed by atoms with Gasteiger partial charge < -0.3 is 10.6 Å². The van der Waals surface area contributed by atoms with Gasteiger partial charge in [0.25, 0.3) is 0 Å². The highest BCUT2D eigenvalue weighted by Crippen LogP contribution is 2.23.